The van der Waals surface area contributed by atoms with Crippen molar-refractivity contribution in [2.24, 2.45) is 0 Å². The molecule has 2 rings (SSSR count). The molecule has 1 heterocycles. The number of hydrogen-bond acceptors (Lipinski definition) is 3. The number of carbonyl (C=O) groups excluding carboxylic acids is 1. The third kappa shape index (κ3) is 3.30. The van der Waals surface area contributed by atoms with Crippen LogP contribution in [0.5, 0.6) is 0 Å². The van der Waals surface area contributed by atoms with Gasteiger partial charge in [0.2, 0.25) is 0 Å². The van der Waals surface area contributed by atoms with E-state index in [1.165, 1.54) is 6.07 Å². The van der Waals surface area contributed by atoms with E-state index in [-0.39, 0.29) is 11.6 Å². The zero-order valence-electron chi connectivity index (χ0n) is 10.1. The van der Waals surface area contributed by atoms with E-state index in [9.17, 15) is 4.79 Å². The molecule has 0 bridgehead atoms. The molecule has 0 saturated carbocycles. The highest BCUT2D eigenvalue weighted by Crippen LogP contribution is 2.16. The summed E-state index contributed by atoms with van der Waals surface area (Å²) in [5, 5.41) is 12.1. The van der Waals surface area contributed by atoms with Gasteiger partial charge in [-0.3, -0.25) is 4.79 Å². The van der Waals surface area contributed by atoms with Crippen molar-refractivity contribution in [1.29, 1.82) is 5.26 Å². The molecule has 0 spiro atoms. The van der Waals surface area contributed by atoms with Crippen LogP contribution in [0.25, 0.3) is 0 Å². The standard InChI is InChI=1S/C14H10ClN3O/c1-9-5-10(8-16)6-13(17-9)14(19)18-12-4-2-3-11(15)7-12/h2-7H,1H3,(H,18,19). The quantitative estimate of drug-likeness (QED) is 0.912. The van der Waals surface area contributed by atoms with Crippen LogP contribution in [0.1, 0.15) is 21.7 Å². The Labute approximate surface area is 115 Å². The summed E-state index contributed by atoms with van der Waals surface area (Å²) >= 11 is 5.84. The first-order valence-electron chi connectivity index (χ1n) is 5.54. The predicted octanol–water partition coefficient (Wildman–Crippen LogP) is 3.17. The van der Waals surface area contributed by atoms with Crippen LogP contribution in [0.2, 0.25) is 5.02 Å². The molecule has 5 heteroatoms. The lowest BCUT2D eigenvalue weighted by Gasteiger charge is -2.06. The van der Waals surface area contributed by atoms with Crippen LogP contribution < -0.4 is 5.32 Å². The molecule has 0 saturated heterocycles. The van der Waals surface area contributed by atoms with Crippen LogP contribution in [0.3, 0.4) is 0 Å². The highest BCUT2D eigenvalue weighted by molar-refractivity contribution is 6.30. The molecule has 1 aromatic heterocycles. The van der Waals surface area contributed by atoms with Gasteiger partial charge in [0, 0.05) is 16.4 Å². The third-order valence-corrected chi connectivity index (χ3v) is 2.63. The lowest BCUT2D eigenvalue weighted by Crippen LogP contribution is -2.14. The van der Waals surface area contributed by atoms with Crippen molar-refractivity contribution >= 4 is 23.2 Å². The van der Waals surface area contributed by atoms with Gasteiger partial charge in [-0.25, -0.2) is 4.98 Å². The molecular formula is C14H10ClN3O. The maximum absolute atomic E-state index is 12.0. The molecule has 0 aliphatic carbocycles. The minimum atomic E-state index is -0.373. The Bertz CT molecular complexity index is 677. The van der Waals surface area contributed by atoms with Crippen molar-refractivity contribution in [3.8, 4) is 6.07 Å². The molecule has 0 aliphatic heterocycles. The lowest BCUT2D eigenvalue weighted by molar-refractivity contribution is 0.102. The van der Waals surface area contributed by atoms with E-state index < -0.39 is 0 Å². The maximum Gasteiger partial charge on any atom is 0.274 e. The van der Waals surface area contributed by atoms with Gasteiger partial charge < -0.3 is 5.32 Å². The monoisotopic (exact) mass is 271 g/mol. The summed E-state index contributed by atoms with van der Waals surface area (Å²) in [7, 11) is 0. The van der Waals surface area contributed by atoms with Crippen molar-refractivity contribution in [1.82, 2.24) is 4.98 Å². The first-order chi connectivity index (χ1) is 9.08. The van der Waals surface area contributed by atoms with Gasteiger partial charge in [-0.05, 0) is 37.3 Å². The van der Waals surface area contributed by atoms with E-state index in [4.69, 9.17) is 16.9 Å². The molecule has 2 aromatic rings. The van der Waals surface area contributed by atoms with Crippen LogP contribution in [-0.4, -0.2) is 10.9 Å². The van der Waals surface area contributed by atoms with E-state index in [1.807, 2.05) is 6.07 Å². The zero-order valence-corrected chi connectivity index (χ0v) is 10.9. The normalized spacial score (nSPS) is 9.74. The van der Waals surface area contributed by atoms with Gasteiger partial charge in [0.1, 0.15) is 5.69 Å². The molecule has 1 aromatic carbocycles. The Hall–Kier alpha value is -2.38. The van der Waals surface area contributed by atoms with E-state index in [0.29, 0.717) is 22.0 Å². The summed E-state index contributed by atoms with van der Waals surface area (Å²) in [5.74, 6) is -0.373. The van der Waals surface area contributed by atoms with E-state index >= 15 is 0 Å². The maximum atomic E-state index is 12.0. The molecule has 0 atom stereocenters. The summed E-state index contributed by atoms with van der Waals surface area (Å²) in [6.07, 6.45) is 0. The van der Waals surface area contributed by atoms with Crippen molar-refractivity contribution in [2.45, 2.75) is 6.92 Å². The fourth-order valence-corrected chi connectivity index (χ4v) is 1.80. The number of anilines is 1. The second-order valence-electron chi connectivity index (χ2n) is 3.96. The summed E-state index contributed by atoms with van der Waals surface area (Å²) in [6.45, 7) is 1.73. The van der Waals surface area contributed by atoms with Gasteiger partial charge in [-0.1, -0.05) is 17.7 Å². The number of hydrogen-bond donors (Lipinski definition) is 1. The molecule has 0 aliphatic rings. The number of pyridine rings is 1. The highest BCUT2D eigenvalue weighted by atomic mass is 35.5. The number of rotatable bonds is 2. The third-order valence-electron chi connectivity index (χ3n) is 2.40. The number of aromatic nitrogens is 1. The average Bonchev–Trinajstić information content (AvgIpc) is 2.38. The number of carbonyl (C=O) groups is 1. The van der Waals surface area contributed by atoms with Crippen molar-refractivity contribution in [3.05, 3.63) is 58.4 Å². The summed E-state index contributed by atoms with van der Waals surface area (Å²) in [4.78, 5) is 16.1. The molecule has 1 N–H and O–H groups in total. The number of nitrogens with one attached hydrogen (secondary N) is 1. The summed E-state index contributed by atoms with van der Waals surface area (Å²) < 4.78 is 0. The first kappa shape index (κ1) is 13.1. The molecule has 0 radical (unpaired) electrons. The summed E-state index contributed by atoms with van der Waals surface area (Å²) in [6, 6.07) is 11.9. The SMILES string of the molecule is Cc1cc(C#N)cc(C(=O)Nc2cccc(Cl)c2)n1. The van der Waals surface area contributed by atoms with E-state index in [1.54, 1.807) is 37.3 Å². The number of aryl methyl sites for hydroxylation is 1. The largest absolute Gasteiger partial charge is 0.321 e. The van der Waals surface area contributed by atoms with Crippen LogP contribution in [0.15, 0.2) is 36.4 Å². The molecule has 94 valence electrons. The van der Waals surface area contributed by atoms with Crippen LogP contribution in [-0.2, 0) is 0 Å². The van der Waals surface area contributed by atoms with Gasteiger partial charge in [-0.15, -0.1) is 0 Å². The van der Waals surface area contributed by atoms with Crippen molar-refractivity contribution < 1.29 is 4.79 Å². The van der Waals surface area contributed by atoms with Gasteiger partial charge in [0.25, 0.3) is 5.91 Å². The smallest absolute Gasteiger partial charge is 0.274 e. The minimum absolute atomic E-state index is 0.205. The molecular weight excluding hydrogens is 262 g/mol. The van der Waals surface area contributed by atoms with Crippen LogP contribution >= 0.6 is 11.6 Å². The fraction of sp³-hybridized carbons (Fsp3) is 0.0714. The lowest BCUT2D eigenvalue weighted by atomic mass is 10.2. The van der Waals surface area contributed by atoms with Crippen LogP contribution in [0, 0.1) is 18.3 Å². The second kappa shape index (κ2) is 5.51. The molecule has 1 amide bonds. The Balaban J connectivity index is 2.25. The molecule has 0 fully saturated rings. The Morgan fingerprint density at radius 1 is 1.37 bits per heavy atom. The Morgan fingerprint density at radius 3 is 2.84 bits per heavy atom. The fourth-order valence-electron chi connectivity index (χ4n) is 1.61. The van der Waals surface area contributed by atoms with Crippen LogP contribution in [0.4, 0.5) is 5.69 Å². The molecule has 0 unspecified atom stereocenters. The van der Waals surface area contributed by atoms with Crippen molar-refractivity contribution in [3.63, 3.8) is 0 Å². The van der Waals surface area contributed by atoms with E-state index in [2.05, 4.69) is 10.3 Å². The predicted molar refractivity (Wildman–Crippen MR) is 73.1 cm³/mol. The molecule has 19 heavy (non-hydrogen) atoms. The van der Waals surface area contributed by atoms with Gasteiger partial charge in [0.05, 0.1) is 11.6 Å². The average molecular weight is 272 g/mol. The second-order valence-corrected chi connectivity index (χ2v) is 4.40. The highest BCUT2D eigenvalue weighted by Gasteiger charge is 2.10. The van der Waals surface area contributed by atoms with Gasteiger partial charge in [0.15, 0.2) is 0 Å². The number of benzene rings is 1. The van der Waals surface area contributed by atoms with Gasteiger partial charge >= 0.3 is 0 Å². The Morgan fingerprint density at radius 2 is 2.16 bits per heavy atom. The zero-order chi connectivity index (χ0) is 13.8. The number of halogens is 1. The number of amides is 1. The summed E-state index contributed by atoms with van der Waals surface area (Å²) in [5.41, 5.74) is 1.81. The first-order valence-corrected chi connectivity index (χ1v) is 5.92. The molecule has 4 nitrogen and oxygen atoms in total. The minimum Gasteiger partial charge on any atom is -0.321 e. The topological polar surface area (TPSA) is 65.8 Å². The van der Waals surface area contributed by atoms with Gasteiger partial charge in [-0.2, -0.15) is 5.26 Å². The van der Waals surface area contributed by atoms with E-state index in [0.717, 1.165) is 0 Å². The Kier molecular flexibility index (Phi) is 3.79. The van der Waals surface area contributed by atoms with Crippen molar-refractivity contribution in [2.75, 3.05) is 5.32 Å². The number of nitrogens with zero attached hydrogens (tertiary/aromatic N) is 2. The number of nitriles is 1.